The number of aliphatic carboxylic acids is 1. The maximum Gasteiger partial charge on any atom is 0.326 e. The minimum absolute atomic E-state index is 0.208. The minimum atomic E-state index is -2.80. The SMILES string of the molecule is CCCC(C(=O)O)n1cc(OC)c(-c2cc(Cl)ccc2-n2cc(C(F)F)nn2)cc1=O. The van der Waals surface area contributed by atoms with Crippen molar-refractivity contribution in [3.8, 4) is 22.6 Å². The van der Waals surface area contributed by atoms with E-state index in [9.17, 15) is 23.5 Å². The Morgan fingerprint density at radius 2 is 2.00 bits per heavy atom. The zero-order valence-electron chi connectivity index (χ0n) is 16.6. The summed E-state index contributed by atoms with van der Waals surface area (Å²) in [5.41, 5.74) is -0.0538. The lowest BCUT2D eigenvalue weighted by Crippen LogP contribution is -2.29. The number of methoxy groups -OCH3 is 1. The molecular formula is C20H19ClF2N4O4. The quantitative estimate of drug-likeness (QED) is 0.552. The number of benzene rings is 1. The van der Waals surface area contributed by atoms with Crippen molar-refractivity contribution in [2.24, 2.45) is 0 Å². The Morgan fingerprint density at radius 1 is 1.26 bits per heavy atom. The fourth-order valence-corrected chi connectivity index (χ4v) is 3.39. The number of carboxylic acids is 1. The van der Waals surface area contributed by atoms with Crippen molar-refractivity contribution < 1.29 is 23.4 Å². The van der Waals surface area contributed by atoms with Crippen molar-refractivity contribution >= 4 is 17.6 Å². The number of alkyl halides is 2. The Labute approximate surface area is 180 Å². The van der Waals surface area contributed by atoms with E-state index in [1.807, 2.05) is 6.92 Å². The Hall–Kier alpha value is -3.27. The normalized spacial score (nSPS) is 12.2. The highest BCUT2D eigenvalue weighted by Crippen LogP contribution is 2.35. The molecule has 0 aliphatic rings. The van der Waals surface area contributed by atoms with Crippen molar-refractivity contribution in [2.45, 2.75) is 32.2 Å². The Balaban J connectivity index is 2.21. The number of hydrogen-bond acceptors (Lipinski definition) is 5. The highest BCUT2D eigenvalue weighted by Gasteiger charge is 2.23. The van der Waals surface area contributed by atoms with E-state index in [-0.39, 0.29) is 12.2 Å². The van der Waals surface area contributed by atoms with Gasteiger partial charge in [-0.2, -0.15) is 0 Å². The maximum absolute atomic E-state index is 13.0. The summed E-state index contributed by atoms with van der Waals surface area (Å²) in [4.78, 5) is 24.4. The van der Waals surface area contributed by atoms with Crippen LogP contribution < -0.4 is 10.3 Å². The molecule has 1 aromatic carbocycles. The molecule has 1 unspecified atom stereocenters. The van der Waals surface area contributed by atoms with Crippen molar-refractivity contribution in [2.75, 3.05) is 7.11 Å². The molecule has 2 heterocycles. The van der Waals surface area contributed by atoms with Gasteiger partial charge in [0.15, 0.2) is 0 Å². The van der Waals surface area contributed by atoms with Crippen LogP contribution in [0.15, 0.2) is 41.5 Å². The predicted octanol–water partition coefficient (Wildman–Crippen LogP) is 4.12. The summed E-state index contributed by atoms with van der Waals surface area (Å²) < 4.78 is 33.6. The van der Waals surface area contributed by atoms with E-state index in [1.54, 1.807) is 12.1 Å². The van der Waals surface area contributed by atoms with Crippen LogP contribution in [0.1, 0.15) is 37.9 Å². The molecule has 0 aliphatic carbocycles. The van der Waals surface area contributed by atoms with Gasteiger partial charge in [0.25, 0.3) is 12.0 Å². The third-order valence-corrected chi connectivity index (χ3v) is 4.91. The van der Waals surface area contributed by atoms with Crippen LogP contribution in [0, 0.1) is 0 Å². The largest absolute Gasteiger partial charge is 0.495 e. The lowest BCUT2D eigenvalue weighted by molar-refractivity contribution is -0.141. The molecular weight excluding hydrogens is 434 g/mol. The van der Waals surface area contributed by atoms with Gasteiger partial charge in [0, 0.05) is 22.2 Å². The summed E-state index contributed by atoms with van der Waals surface area (Å²) >= 11 is 6.14. The van der Waals surface area contributed by atoms with E-state index >= 15 is 0 Å². The van der Waals surface area contributed by atoms with E-state index in [0.717, 1.165) is 15.4 Å². The van der Waals surface area contributed by atoms with Crippen LogP contribution in [-0.4, -0.2) is 37.7 Å². The third-order valence-electron chi connectivity index (χ3n) is 4.68. The molecule has 164 valence electrons. The highest BCUT2D eigenvalue weighted by atomic mass is 35.5. The van der Waals surface area contributed by atoms with Gasteiger partial charge in [-0.1, -0.05) is 30.2 Å². The number of rotatable bonds is 8. The number of hydrogen-bond donors (Lipinski definition) is 1. The van der Waals surface area contributed by atoms with E-state index in [0.29, 0.717) is 28.3 Å². The van der Waals surface area contributed by atoms with Gasteiger partial charge in [0.1, 0.15) is 17.5 Å². The molecule has 8 nitrogen and oxygen atoms in total. The average Bonchev–Trinajstić information content (AvgIpc) is 3.22. The molecule has 1 N–H and O–H groups in total. The van der Waals surface area contributed by atoms with Crippen molar-refractivity contribution in [3.05, 3.63) is 57.7 Å². The Morgan fingerprint density at radius 3 is 2.58 bits per heavy atom. The van der Waals surface area contributed by atoms with Gasteiger partial charge >= 0.3 is 5.97 Å². The van der Waals surface area contributed by atoms with Crippen molar-refractivity contribution in [1.82, 2.24) is 19.6 Å². The van der Waals surface area contributed by atoms with Crippen LogP contribution in [-0.2, 0) is 4.79 Å². The molecule has 0 bridgehead atoms. The number of ether oxygens (including phenoxy) is 1. The standard InChI is InChI=1S/C20H19ClF2N4O4/c1-3-4-16(20(29)30)26-10-17(31-2)13(8-18(26)28)12-7-11(21)5-6-15(12)27-9-14(19(22)23)24-25-27/h5-10,16,19H,3-4H2,1-2H3,(H,29,30). The number of halogens is 3. The summed E-state index contributed by atoms with van der Waals surface area (Å²) in [6, 6.07) is 4.79. The van der Waals surface area contributed by atoms with E-state index in [2.05, 4.69) is 10.3 Å². The van der Waals surface area contributed by atoms with Crippen molar-refractivity contribution in [1.29, 1.82) is 0 Å². The lowest BCUT2D eigenvalue weighted by atomic mass is 10.0. The number of aromatic nitrogens is 4. The van der Waals surface area contributed by atoms with Gasteiger partial charge in [0.2, 0.25) is 0 Å². The lowest BCUT2D eigenvalue weighted by Gasteiger charge is -2.19. The summed E-state index contributed by atoms with van der Waals surface area (Å²) in [5.74, 6) is -0.927. The molecule has 0 spiro atoms. The second-order valence-electron chi connectivity index (χ2n) is 6.69. The molecule has 1 atom stereocenters. The maximum atomic E-state index is 13.0. The minimum Gasteiger partial charge on any atom is -0.495 e. The van der Waals surface area contributed by atoms with Crippen LogP contribution in [0.2, 0.25) is 5.02 Å². The van der Waals surface area contributed by atoms with Crippen LogP contribution >= 0.6 is 11.6 Å². The predicted molar refractivity (Wildman–Crippen MR) is 109 cm³/mol. The fraction of sp³-hybridized carbons (Fsp3) is 0.300. The molecule has 3 aromatic rings. The summed E-state index contributed by atoms with van der Waals surface area (Å²) in [6.07, 6.45) is 0.421. The first kappa shape index (κ1) is 22.4. The van der Waals surface area contributed by atoms with Crippen LogP contribution in [0.4, 0.5) is 8.78 Å². The molecule has 0 fully saturated rings. The van der Waals surface area contributed by atoms with Gasteiger partial charge in [-0.05, 0) is 24.6 Å². The summed E-state index contributed by atoms with van der Waals surface area (Å²) in [5, 5.41) is 17.0. The zero-order valence-corrected chi connectivity index (χ0v) is 17.4. The molecule has 0 saturated heterocycles. The van der Waals surface area contributed by atoms with Gasteiger partial charge < -0.3 is 9.84 Å². The first-order valence-corrected chi connectivity index (χ1v) is 9.68. The number of nitrogens with zero attached hydrogens (tertiary/aromatic N) is 4. The fourth-order valence-electron chi connectivity index (χ4n) is 3.22. The number of pyridine rings is 1. The number of carboxylic acid groups (broad SMARTS) is 1. The average molecular weight is 453 g/mol. The first-order valence-electron chi connectivity index (χ1n) is 9.30. The van der Waals surface area contributed by atoms with Crippen LogP contribution in [0.25, 0.3) is 16.8 Å². The van der Waals surface area contributed by atoms with Crippen LogP contribution in [0.5, 0.6) is 5.75 Å². The van der Waals surface area contributed by atoms with E-state index < -0.39 is 29.7 Å². The van der Waals surface area contributed by atoms with Gasteiger partial charge in [0.05, 0.1) is 25.2 Å². The van der Waals surface area contributed by atoms with E-state index in [1.165, 1.54) is 25.4 Å². The summed E-state index contributed by atoms with van der Waals surface area (Å²) in [6.45, 7) is 1.82. The first-order chi connectivity index (χ1) is 14.8. The summed E-state index contributed by atoms with van der Waals surface area (Å²) in [7, 11) is 1.37. The Bertz CT molecular complexity index is 1160. The molecule has 0 amide bonds. The highest BCUT2D eigenvalue weighted by molar-refractivity contribution is 6.31. The molecule has 0 radical (unpaired) electrons. The van der Waals surface area contributed by atoms with E-state index in [4.69, 9.17) is 16.3 Å². The molecule has 11 heteroatoms. The topological polar surface area (TPSA) is 99.2 Å². The van der Waals surface area contributed by atoms with Gasteiger partial charge in [-0.3, -0.25) is 9.36 Å². The number of carbonyl (C=O) groups is 1. The monoisotopic (exact) mass is 452 g/mol. The van der Waals surface area contributed by atoms with Crippen LogP contribution in [0.3, 0.4) is 0 Å². The molecule has 3 rings (SSSR count). The second kappa shape index (κ2) is 9.25. The van der Waals surface area contributed by atoms with Crippen molar-refractivity contribution in [3.63, 3.8) is 0 Å². The van der Waals surface area contributed by atoms with Gasteiger partial charge in [-0.15, -0.1) is 5.10 Å². The zero-order chi connectivity index (χ0) is 22.7. The Kier molecular flexibility index (Phi) is 6.69. The molecule has 0 saturated carbocycles. The molecule has 31 heavy (non-hydrogen) atoms. The third kappa shape index (κ3) is 4.58. The second-order valence-corrected chi connectivity index (χ2v) is 7.13. The molecule has 0 aliphatic heterocycles. The smallest absolute Gasteiger partial charge is 0.326 e. The molecule has 2 aromatic heterocycles. The van der Waals surface area contributed by atoms with Gasteiger partial charge in [-0.25, -0.2) is 18.3 Å².